The zero-order valence-electron chi connectivity index (χ0n) is 64.9. The molecule has 20 heteroatoms. The molecule has 10 aliphatic rings. The molecule has 0 N–H and O–H groups in total. The van der Waals surface area contributed by atoms with Crippen molar-refractivity contribution < 1.29 is 94.7 Å². The Labute approximate surface area is 677 Å². The molecule has 10 aliphatic heterocycles. The second kappa shape index (κ2) is 38.4. The Balaban J connectivity index is 0.727. The van der Waals surface area contributed by atoms with Gasteiger partial charge in [0, 0.05) is 0 Å². The van der Waals surface area contributed by atoms with Crippen LogP contribution in [0.3, 0.4) is 0 Å². The van der Waals surface area contributed by atoms with E-state index in [4.69, 9.17) is 94.7 Å². The minimum atomic E-state index is -1.58. The van der Waals surface area contributed by atoms with Crippen LogP contribution in [0.15, 0.2) is 291 Å². The molecule has 604 valence electrons. The molecule has 10 aromatic rings. The highest BCUT2D eigenvalue weighted by molar-refractivity contribution is 5.26. The van der Waals surface area contributed by atoms with Gasteiger partial charge in [-0.3, -0.25) is 0 Å². The smallest absolute Gasteiger partial charge is 0.222 e. The third-order valence-electron chi connectivity index (χ3n) is 22.4. The van der Waals surface area contributed by atoms with Crippen molar-refractivity contribution in [2.45, 2.75) is 176 Å². The molecule has 16 atom stereocenters. The first-order valence-corrected chi connectivity index (χ1v) is 40.3. The van der Waals surface area contributed by atoms with Gasteiger partial charge in [0.05, 0.1) is 106 Å². The molecule has 10 aromatic carbocycles. The molecule has 0 aliphatic carbocycles. The standard InChI is InChI=1S/C96H100O20/c1-9-27-69(28-10-1)51-99-81-63-109-93-65-113-95(67-111-93)91(105-57-75-39-21-7-22-40-75)87(103-55-73-35-17-5-18-36-73)83(115-95)61-98-50-78-44-26-46-80(48-78)60-108-90-86(102-54-72-33-15-4-16-34-72)82(100-52-70-29-11-2-12-30-70)64-110-94(90)66-114-96(68-112-94)92(106-58-76-41-23-8-24-42-76)88(104-56-74-37-19-6-20-38-74)84(116-96)62-97-49-77-43-25-45-79(47-77)59-107-89(93)85(81)101-53-71-31-13-3-14-32-71/h1-48,81-92H,49-68H2. The van der Waals surface area contributed by atoms with Crippen molar-refractivity contribution in [3.05, 3.63) is 358 Å². The second-order valence-corrected chi connectivity index (χ2v) is 30.6. The van der Waals surface area contributed by atoms with Crippen LogP contribution in [-0.4, -0.2) is 149 Å². The second-order valence-electron chi connectivity index (χ2n) is 30.6. The van der Waals surface area contributed by atoms with E-state index in [0.717, 1.165) is 66.8 Å². The maximum atomic E-state index is 7.36. The van der Waals surface area contributed by atoms with Crippen molar-refractivity contribution in [3.63, 3.8) is 0 Å². The van der Waals surface area contributed by atoms with Crippen molar-refractivity contribution in [3.8, 4) is 0 Å². The lowest BCUT2D eigenvalue weighted by Gasteiger charge is -2.53. The number of benzene rings is 10. The fourth-order valence-corrected chi connectivity index (χ4v) is 16.3. The molecule has 0 radical (unpaired) electrons. The average molecular weight is 1570 g/mol. The third-order valence-corrected chi connectivity index (χ3v) is 22.4. The van der Waals surface area contributed by atoms with Gasteiger partial charge in [-0.1, -0.05) is 291 Å². The van der Waals surface area contributed by atoms with Crippen LogP contribution in [-0.2, 0) is 174 Å². The van der Waals surface area contributed by atoms with E-state index in [-0.39, 0.29) is 132 Å². The van der Waals surface area contributed by atoms with Gasteiger partial charge in [0.25, 0.3) is 0 Å². The molecule has 6 saturated heterocycles. The van der Waals surface area contributed by atoms with E-state index in [1.807, 2.05) is 279 Å². The Morgan fingerprint density at radius 2 is 0.500 bits per heavy atom. The molecule has 16 unspecified atom stereocenters. The zero-order valence-corrected chi connectivity index (χ0v) is 64.9. The molecule has 4 spiro atoms. The van der Waals surface area contributed by atoms with Crippen molar-refractivity contribution in [1.82, 2.24) is 0 Å². The molecular weight excluding hydrogens is 1470 g/mol. The van der Waals surface area contributed by atoms with Gasteiger partial charge in [-0.05, 0) is 66.8 Å². The van der Waals surface area contributed by atoms with Gasteiger partial charge in [-0.25, -0.2) is 0 Å². The zero-order chi connectivity index (χ0) is 78.1. The fraction of sp³-hybridized carbons (Fsp3) is 0.375. The molecule has 6 fully saturated rings. The topological polar surface area (TPSA) is 185 Å². The number of hydrogen-bond acceptors (Lipinski definition) is 20. The van der Waals surface area contributed by atoms with Crippen molar-refractivity contribution in [2.24, 2.45) is 0 Å². The van der Waals surface area contributed by atoms with E-state index < -0.39 is 96.4 Å². The van der Waals surface area contributed by atoms with E-state index in [1.165, 1.54) is 0 Å². The van der Waals surface area contributed by atoms with Crippen LogP contribution in [0.2, 0.25) is 0 Å². The summed E-state index contributed by atoms with van der Waals surface area (Å²) < 4.78 is 143. The Hall–Kier alpha value is -8.60. The van der Waals surface area contributed by atoms with Crippen LogP contribution in [0.5, 0.6) is 0 Å². The van der Waals surface area contributed by atoms with Crippen molar-refractivity contribution >= 4 is 0 Å². The molecule has 116 heavy (non-hydrogen) atoms. The fourth-order valence-electron chi connectivity index (χ4n) is 16.3. The van der Waals surface area contributed by atoms with Gasteiger partial charge >= 0.3 is 0 Å². The van der Waals surface area contributed by atoms with Gasteiger partial charge < -0.3 is 94.7 Å². The lowest BCUT2D eigenvalue weighted by molar-refractivity contribution is -0.439. The average Bonchev–Trinajstić information content (AvgIpc) is 1.48. The number of rotatable bonds is 24. The largest absolute Gasteiger partial charge is 0.374 e. The van der Waals surface area contributed by atoms with E-state index in [9.17, 15) is 0 Å². The van der Waals surface area contributed by atoms with E-state index in [1.54, 1.807) is 0 Å². The Kier molecular flexibility index (Phi) is 26.4. The number of hydrogen-bond donors (Lipinski definition) is 0. The summed E-state index contributed by atoms with van der Waals surface area (Å²) in [6.45, 7) is 2.06. The summed E-state index contributed by atoms with van der Waals surface area (Å²) in [5, 5.41) is 0. The summed E-state index contributed by atoms with van der Waals surface area (Å²) in [5.74, 6) is -6.28. The van der Waals surface area contributed by atoms with Crippen LogP contribution in [0.1, 0.15) is 66.8 Å². The monoisotopic (exact) mass is 1570 g/mol. The first-order valence-electron chi connectivity index (χ1n) is 40.3. The van der Waals surface area contributed by atoms with Crippen LogP contribution in [0.25, 0.3) is 0 Å². The minimum absolute atomic E-state index is 0.0673. The summed E-state index contributed by atoms with van der Waals surface area (Å²) in [7, 11) is 0. The molecule has 0 saturated carbocycles. The predicted octanol–water partition coefficient (Wildman–Crippen LogP) is 14.6. The maximum Gasteiger partial charge on any atom is 0.222 e. The normalized spacial score (nSPS) is 29.6. The predicted molar refractivity (Wildman–Crippen MR) is 426 cm³/mol. The third kappa shape index (κ3) is 19.4. The Morgan fingerprint density at radius 3 is 0.793 bits per heavy atom. The molecule has 10 bridgehead atoms. The highest BCUT2D eigenvalue weighted by Gasteiger charge is 2.68. The summed E-state index contributed by atoms with van der Waals surface area (Å²) in [6.07, 6.45) is -9.47. The summed E-state index contributed by atoms with van der Waals surface area (Å²) in [5.41, 5.74) is 11.2. The van der Waals surface area contributed by atoms with Crippen LogP contribution < -0.4 is 0 Å². The van der Waals surface area contributed by atoms with Crippen LogP contribution >= 0.6 is 0 Å². The van der Waals surface area contributed by atoms with E-state index in [0.29, 0.717) is 0 Å². The molecule has 20 rings (SSSR count). The lowest BCUT2D eigenvalue weighted by atomic mass is 9.94. The summed E-state index contributed by atoms with van der Waals surface area (Å²) in [6, 6.07) is 96.6. The van der Waals surface area contributed by atoms with Gasteiger partial charge in [-0.2, -0.15) is 0 Å². The minimum Gasteiger partial charge on any atom is -0.374 e. The Bertz CT molecular complexity index is 4310. The SMILES string of the molecule is c1ccc(COC2COC34COC5(CO3)OC(COCc3cccc(c3)COC3C(OCc6ccccc6)C(OCc6ccccc6)COC36COC3(CO6)OC(COCc6cccc(c6)COC4C2OCc2ccccc2)C(OCc2ccccc2)C3OCc2ccccc2)C(OCc2ccccc2)C5OCc2ccccc2)cc1. The van der Waals surface area contributed by atoms with E-state index >= 15 is 0 Å². The van der Waals surface area contributed by atoms with Crippen molar-refractivity contribution in [2.75, 3.05) is 52.9 Å². The van der Waals surface area contributed by atoms with Gasteiger partial charge in [0.15, 0.2) is 0 Å². The van der Waals surface area contributed by atoms with E-state index in [2.05, 4.69) is 12.1 Å². The van der Waals surface area contributed by atoms with Gasteiger partial charge in [0.1, 0.15) is 99.7 Å². The Morgan fingerprint density at radius 1 is 0.241 bits per heavy atom. The van der Waals surface area contributed by atoms with Crippen LogP contribution in [0, 0.1) is 0 Å². The van der Waals surface area contributed by atoms with Gasteiger partial charge in [0.2, 0.25) is 23.1 Å². The molecule has 20 nitrogen and oxygen atoms in total. The first kappa shape index (κ1) is 79.8. The summed E-state index contributed by atoms with van der Waals surface area (Å²) >= 11 is 0. The maximum absolute atomic E-state index is 7.36. The molecule has 0 aromatic heterocycles. The first-order chi connectivity index (χ1) is 57.3. The molecule has 10 heterocycles. The quantitative estimate of drug-likeness (QED) is 0.0556. The molecular formula is C96H100O20. The molecule has 0 amide bonds. The van der Waals surface area contributed by atoms with Crippen molar-refractivity contribution in [1.29, 1.82) is 0 Å². The highest BCUT2D eigenvalue weighted by Crippen LogP contribution is 2.48. The summed E-state index contributed by atoms with van der Waals surface area (Å²) in [4.78, 5) is 0. The van der Waals surface area contributed by atoms with Crippen LogP contribution in [0.4, 0.5) is 0 Å². The highest BCUT2D eigenvalue weighted by atomic mass is 16.8. The lowest BCUT2D eigenvalue weighted by Crippen LogP contribution is -2.70. The number of ether oxygens (including phenoxy) is 20. The van der Waals surface area contributed by atoms with Gasteiger partial charge in [-0.15, -0.1) is 0 Å².